The van der Waals surface area contributed by atoms with E-state index in [1.807, 2.05) is 38.8 Å². The van der Waals surface area contributed by atoms with E-state index < -0.39 is 5.97 Å². The van der Waals surface area contributed by atoms with Crippen molar-refractivity contribution in [3.8, 4) is 22.8 Å². The third kappa shape index (κ3) is 5.01. The number of esters is 1. The van der Waals surface area contributed by atoms with Crippen molar-refractivity contribution in [3.63, 3.8) is 0 Å². The van der Waals surface area contributed by atoms with Gasteiger partial charge < -0.3 is 19.8 Å². The van der Waals surface area contributed by atoms with Crippen molar-refractivity contribution < 1.29 is 19.4 Å². The van der Waals surface area contributed by atoms with Crippen molar-refractivity contribution in [2.75, 3.05) is 19.1 Å². The topological polar surface area (TPSA) is 147 Å². The van der Waals surface area contributed by atoms with Gasteiger partial charge in [0.1, 0.15) is 0 Å². The highest BCUT2D eigenvalue weighted by atomic mass is 32.2. The first-order valence-corrected chi connectivity index (χ1v) is 15.4. The van der Waals surface area contributed by atoms with Crippen LogP contribution >= 0.6 is 23.5 Å². The van der Waals surface area contributed by atoms with Gasteiger partial charge in [0.15, 0.2) is 10.3 Å². The summed E-state index contributed by atoms with van der Waals surface area (Å²) < 4.78 is 5.17. The van der Waals surface area contributed by atoms with Crippen LogP contribution in [-0.4, -0.2) is 66.1 Å². The summed E-state index contributed by atoms with van der Waals surface area (Å²) in [6, 6.07) is 0. The van der Waals surface area contributed by atoms with Crippen molar-refractivity contribution in [2.45, 2.75) is 56.8 Å². The maximum Gasteiger partial charge on any atom is 0.340 e. The Balaban J connectivity index is 0.000000162. The van der Waals surface area contributed by atoms with Crippen LogP contribution in [0.1, 0.15) is 61.3 Å². The highest BCUT2D eigenvalue weighted by Crippen LogP contribution is 2.36. The molecule has 4 heterocycles. The molecular formula is C28H30N6O4S2. The average Bonchev–Trinajstić information content (AvgIpc) is 3.48. The molecule has 40 heavy (non-hydrogen) atoms. The lowest BCUT2D eigenvalue weighted by Crippen LogP contribution is -2.12. The van der Waals surface area contributed by atoms with Gasteiger partial charge in [-0.3, -0.25) is 0 Å². The van der Waals surface area contributed by atoms with Gasteiger partial charge in [-0.25, -0.2) is 29.5 Å². The first-order valence-electron chi connectivity index (χ1n) is 12.9. The second-order valence-corrected chi connectivity index (χ2v) is 11.0. The van der Waals surface area contributed by atoms with Crippen molar-refractivity contribution in [3.05, 3.63) is 57.2 Å². The lowest BCUT2D eigenvalue weighted by Gasteiger charge is -2.16. The van der Waals surface area contributed by atoms with Crippen molar-refractivity contribution >= 4 is 35.5 Å². The van der Waals surface area contributed by atoms with E-state index in [1.54, 1.807) is 6.92 Å². The monoisotopic (exact) mass is 578 g/mol. The zero-order valence-corrected chi connectivity index (χ0v) is 24.6. The van der Waals surface area contributed by atoms with Crippen molar-refractivity contribution in [1.29, 1.82) is 0 Å². The molecule has 0 aliphatic heterocycles. The Bertz CT molecular complexity index is 1630. The third-order valence-electron chi connectivity index (χ3n) is 7.09. The zero-order chi connectivity index (χ0) is 28.6. The predicted molar refractivity (Wildman–Crippen MR) is 154 cm³/mol. The average molecular weight is 579 g/mol. The maximum absolute atomic E-state index is 12.2. The van der Waals surface area contributed by atoms with E-state index in [-0.39, 0.29) is 5.97 Å². The molecule has 2 aliphatic carbocycles. The molecule has 6 rings (SSSR count). The molecule has 0 bridgehead atoms. The number of carboxylic acid groups (broad SMARTS) is 1. The van der Waals surface area contributed by atoms with E-state index in [0.29, 0.717) is 28.6 Å². The summed E-state index contributed by atoms with van der Waals surface area (Å²) in [5.41, 5.74) is 10.2. The molecule has 0 spiro atoms. The smallest absolute Gasteiger partial charge is 0.340 e. The summed E-state index contributed by atoms with van der Waals surface area (Å²) in [7, 11) is 0. The number of hydrogen-bond acceptors (Lipinski definition) is 9. The first kappa shape index (κ1) is 27.9. The molecule has 4 aromatic rings. The number of aromatic nitrogens is 6. The van der Waals surface area contributed by atoms with Crippen molar-refractivity contribution in [1.82, 2.24) is 29.9 Å². The first-order chi connectivity index (χ1) is 19.3. The number of nitrogens with one attached hydrogen (secondary N) is 2. The zero-order valence-electron chi connectivity index (χ0n) is 23.0. The Morgan fingerprint density at radius 1 is 0.850 bits per heavy atom. The highest BCUT2D eigenvalue weighted by molar-refractivity contribution is 7.98. The highest BCUT2D eigenvalue weighted by Gasteiger charge is 2.29. The predicted octanol–water partition coefficient (Wildman–Crippen LogP) is 5.08. The Labute approximate surface area is 240 Å². The van der Waals surface area contributed by atoms with Crippen LogP contribution in [0.5, 0.6) is 0 Å². The summed E-state index contributed by atoms with van der Waals surface area (Å²) in [6.07, 6.45) is 10.8. The Hall–Kier alpha value is -3.64. The van der Waals surface area contributed by atoms with Crippen LogP contribution in [0.4, 0.5) is 0 Å². The van der Waals surface area contributed by atoms with E-state index >= 15 is 0 Å². The van der Waals surface area contributed by atoms with Crippen LogP contribution in [0.2, 0.25) is 0 Å². The quantitative estimate of drug-likeness (QED) is 0.166. The molecule has 3 N–H and O–H groups in total. The van der Waals surface area contributed by atoms with Crippen LogP contribution in [0.25, 0.3) is 22.8 Å². The van der Waals surface area contributed by atoms with E-state index in [1.165, 1.54) is 23.5 Å². The fraction of sp³-hybridized carbons (Fsp3) is 0.357. The SMILES string of the molecule is CCOC(=O)c1c(C)[nH]c2c1CCc1cnc(SC)nc1-2.CSc1ncc2c(n1)-c1[nH]c(C)c(C(=O)O)c1CC2. The fourth-order valence-corrected chi connectivity index (χ4v) is 6.00. The van der Waals surface area contributed by atoms with E-state index in [2.05, 4.69) is 29.9 Å². The van der Waals surface area contributed by atoms with Crippen LogP contribution < -0.4 is 0 Å². The van der Waals surface area contributed by atoms with E-state index in [9.17, 15) is 14.7 Å². The van der Waals surface area contributed by atoms with Gasteiger partial charge in [0, 0.05) is 23.8 Å². The molecule has 0 amide bonds. The minimum absolute atomic E-state index is 0.255. The van der Waals surface area contributed by atoms with Gasteiger partial charge in [-0.05, 0) is 81.2 Å². The van der Waals surface area contributed by atoms with E-state index in [0.717, 1.165) is 81.6 Å². The molecular weight excluding hydrogens is 548 g/mol. The third-order valence-corrected chi connectivity index (χ3v) is 8.21. The number of carboxylic acids is 1. The molecule has 10 nitrogen and oxygen atoms in total. The maximum atomic E-state index is 12.2. The Morgan fingerprint density at radius 2 is 1.32 bits per heavy atom. The minimum Gasteiger partial charge on any atom is -0.478 e. The van der Waals surface area contributed by atoms with Gasteiger partial charge >= 0.3 is 11.9 Å². The number of ether oxygens (including phenoxy) is 1. The molecule has 0 saturated carbocycles. The standard InChI is InChI=1S/C15H17N3O2S.C13H13N3O2S/c1-4-20-14(19)11-8(2)17-13-10(11)6-5-9-7-16-15(21-3)18-12(9)13;1-6-9(12(17)18)8-4-3-7-5-14-13(19-2)16-10(7)11(8)15-6/h7,17H,4-6H2,1-3H3;5,15H,3-4H2,1-2H3,(H,17,18). The Morgan fingerprint density at radius 3 is 1.77 bits per heavy atom. The minimum atomic E-state index is -0.877. The second kappa shape index (κ2) is 11.5. The number of aromatic amines is 2. The van der Waals surface area contributed by atoms with Gasteiger partial charge in [-0.2, -0.15) is 0 Å². The van der Waals surface area contributed by atoms with E-state index in [4.69, 9.17) is 4.74 Å². The lowest BCUT2D eigenvalue weighted by molar-refractivity contribution is 0.0524. The lowest BCUT2D eigenvalue weighted by atomic mass is 9.92. The normalized spacial score (nSPS) is 12.8. The molecule has 12 heteroatoms. The van der Waals surface area contributed by atoms with Gasteiger partial charge in [0.2, 0.25) is 0 Å². The number of H-pyrrole nitrogens is 2. The van der Waals surface area contributed by atoms with Crippen LogP contribution in [0.3, 0.4) is 0 Å². The largest absolute Gasteiger partial charge is 0.478 e. The van der Waals surface area contributed by atoms with Crippen molar-refractivity contribution in [2.24, 2.45) is 0 Å². The second-order valence-electron chi connectivity index (χ2n) is 9.44. The van der Waals surface area contributed by atoms with Crippen LogP contribution in [0, 0.1) is 13.8 Å². The number of aryl methyl sites for hydroxylation is 4. The molecule has 0 radical (unpaired) electrons. The summed E-state index contributed by atoms with van der Waals surface area (Å²) in [5, 5.41) is 10.7. The Kier molecular flexibility index (Phi) is 7.99. The summed E-state index contributed by atoms with van der Waals surface area (Å²) >= 11 is 3.00. The van der Waals surface area contributed by atoms with Crippen LogP contribution in [0.15, 0.2) is 22.7 Å². The number of fused-ring (bicyclic) bond motifs is 6. The molecule has 0 unspecified atom stereocenters. The molecule has 4 aromatic heterocycles. The number of aromatic carboxylic acids is 1. The summed E-state index contributed by atoms with van der Waals surface area (Å²) in [4.78, 5) is 47.7. The number of hydrogen-bond donors (Lipinski definition) is 3. The number of rotatable bonds is 5. The molecule has 0 saturated heterocycles. The van der Waals surface area contributed by atoms with Gasteiger partial charge in [0.05, 0.1) is 40.5 Å². The summed E-state index contributed by atoms with van der Waals surface area (Å²) in [5.74, 6) is -1.13. The van der Waals surface area contributed by atoms with Gasteiger partial charge in [-0.15, -0.1) is 0 Å². The van der Waals surface area contributed by atoms with Gasteiger partial charge in [-0.1, -0.05) is 23.5 Å². The molecule has 0 fully saturated rings. The number of carbonyl (C=O) groups is 2. The molecule has 0 aromatic carbocycles. The van der Waals surface area contributed by atoms with Gasteiger partial charge in [0.25, 0.3) is 0 Å². The number of nitrogens with zero attached hydrogens (tertiary/aromatic N) is 4. The molecule has 2 aliphatic rings. The summed E-state index contributed by atoms with van der Waals surface area (Å²) in [6.45, 7) is 5.90. The molecule has 0 atom stereocenters. The number of thioether (sulfide) groups is 2. The number of carbonyl (C=O) groups excluding carboxylic acids is 1. The molecule has 208 valence electrons. The van der Waals surface area contributed by atoms with Crippen LogP contribution in [-0.2, 0) is 30.4 Å². The fourth-order valence-electron chi connectivity index (χ4n) is 5.32.